The van der Waals surface area contributed by atoms with E-state index in [1.807, 2.05) is 17.5 Å². The van der Waals surface area contributed by atoms with E-state index in [0.29, 0.717) is 29.7 Å². The number of hydrogen-bond donors (Lipinski definition) is 2. The van der Waals surface area contributed by atoms with E-state index < -0.39 is 0 Å². The van der Waals surface area contributed by atoms with Gasteiger partial charge in [-0.2, -0.15) is 10.2 Å². The van der Waals surface area contributed by atoms with Crippen LogP contribution in [0.3, 0.4) is 0 Å². The fourth-order valence-electron chi connectivity index (χ4n) is 2.11. The minimum atomic E-state index is -0.172. The second-order valence-electron chi connectivity index (χ2n) is 5.61. The molecule has 1 amide bonds. The first-order valence-corrected chi connectivity index (χ1v) is 8.25. The highest BCUT2D eigenvalue weighted by atomic mass is 32.1. The van der Waals surface area contributed by atoms with Crippen LogP contribution in [-0.2, 0) is 13.1 Å². The van der Waals surface area contributed by atoms with E-state index in [4.69, 9.17) is 0 Å². The van der Waals surface area contributed by atoms with Gasteiger partial charge in [-0.3, -0.25) is 14.6 Å². The average Bonchev–Trinajstić information content (AvgIpc) is 3.24. The normalized spacial score (nSPS) is 11.1. The quantitative estimate of drug-likeness (QED) is 0.726. The molecule has 0 unspecified atom stereocenters. The minimum Gasteiger partial charge on any atom is -0.345 e. The molecule has 7 nitrogen and oxygen atoms in total. The van der Waals surface area contributed by atoms with Crippen LogP contribution in [0.15, 0.2) is 29.9 Å². The van der Waals surface area contributed by atoms with Gasteiger partial charge >= 0.3 is 0 Å². The molecule has 0 aliphatic carbocycles. The summed E-state index contributed by atoms with van der Waals surface area (Å²) < 4.78 is 1.78. The van der Waals surface area contributed by atoms with E-state index >= 15 is 0 Å². The van der Waals surface area contributed by atoms with Crippen molar-refractivity contribution in [3.05, 3.63) is 41.3 Å². The van der Waals surface area contributed by atoms with Gasteiger partial charge in [0.15, 0.2) is 5.82 Å². The number of hydrogen-bond acceptors (Lipinski definition) is 5. The second-order valence-corrected chi connectivity index (χ2v) is 6.56. The molecule has 0 aliphatic rings. The van der Waals surface area contributed by atoms with E-state index in [-0.39, 0.29) is 5.91 Å². The van der Waals surface area contributed by atoms with Crippen LogP contribution < -0.4 is 5.32 Å². The summed E-state index contributed by atoms with van der Waals surface area (Å²) in [7, 11) is 0. The van der Waals surface area contributed by atoms with Crippen molar-refractivity contribution in [2.45, 2.75) is 26.9 Å². The molecule has 0 radical (unpaired) electrons. The average molecular weight is 330 g/mol. The van der Waals surface area contributed by atoms with E-state index in [1.54, 1.807) is 28.4 Å². The van der Waals surface area contributed by atoms with Gasteiger partial charge in [-0.1, -0.05) is 19.9 Å². The highest BCUT2D eigenvalue weighted by molar-refractivity contribution is 7.13. The summed E-state index contributed by atoms with van der Waals surface area (Å²) in [4.78, 5) is 17.5. The van der Waals surface area contributed by atoms with E-state index in [0.717, 1.165) is 11.4 Å². The third-order valence-electron chi connectivity index (χ3n) is 3.14. The number of aromatic nitrogens is 5. The van der Waals surface area contributed by atoms with Crippen molar-refractivity contribution in [3.63, 3.8) is 0 Å². The Kier molecular flexibility index (Phi) is 4.52. The molecule has 0 atom stereocenters. The molecule has 0 saturated heterocycles. The molecule has 0 fully saturated rings. The predicted octanol–water partition coefficient (Wildman–Crippen LogP) is 2.32. The lowest BCUT2D eigenvalue weighted by atomic mass is 10.2. The van der Waals surface area contributed by atoms with Crippen LogP contribution in [0.25, 0.3) is 10.7 Å². The number of H-pyrrole nitrogens is 1. The molecule has 0 aromatic carbocycles. The Balaban J connectivity index is 1.57. The van der Waals surface area contributed by atoms with Gasteiger partial charge in [0.1, 0.15) is 5.82 Å². The number of carbonyl (C=O) groups excluding carboxylic acids is 1. The molecule has 3 aromatic rings. The molecule has 8 heteroatoms. The molecular weight excluding hydrogens is 312 g/mol. The summed E-state index contributed by atoms with van der Waals surface area (Å²) in [6.45, 7) is 5.30. The molecular formula is C15H18N6OS. The SMILES string of the molecule is CC(C)Cn1cc(C(=O)NCc2nc(-c3cccs3)n[nH]2)cn1. The van der Waals surface area contributed by atoms with Gasteiger partial charge in [0, 0.05) is 12.7 Å². The number of aromatic amines is 1. The fraction of sp³-hybridized carbons (Fsp3) is 0.333. The van der Waals surface area contributed by atoms with Gasteiger partial charge < -0.3 is 5.32 Å². The van der Waals surface area contributed by atoms with E-state index in [9.17, 15) is 4.79 Å². The summed E-state index contributed by atoms with van der Waals surface area (Å²) in [6.07, 6.45) is 3.34. The van der Waals surface area contributed by atoms with Crippen molar-refractivity contribution in [1.82, 2.24) is 30.3 Å². The van der Waals surface area contributed by atoms with Gasteiger partial charge in [-0.15, -0.1) is 11.3 Å². The van der Waals surface area contributed by atoms with E-state index in [2.05, 4.69) is 39.4 Å². The first-order valence-electron chi connectivity index (χ1n) is 7.37. The van der Waals surface area contributed by atoms with Crippen LogP contribution in [0.4, 0.5) is 0 Å². The molecule has 120 valence electrons. The third kappa shape index (κ3) is 3.84. The maximum absolute atomic E-state index is 12.1. The Morgan fingerprint density at radius 3 is 3.09 bits per heavy atom. The van der Waals surface area contributed by atoms with Crippen molar-refractivity contribution in [2.75, 3.05) is 0 Å². The van der Waals surface area contributed by atoms with Gasteiger partial charge in [0.05, 0.1) is 23.2 Å². The number of thiophene rings is 1. The number of nitrogens with one attached hydrogen (secondary N) is 2. The zero-order valence-corrected chi connectivity index (χ0v) is 13.8. The third-order valence-corrected chi connectivity index (χ3v) is 4.00. The highest BCUT2D eigenvalue weighted by Gasteiger charge is 2.11. The van der Waals surface area contributed by atoms with Crippen LogP contribution in [0.2, 0.25) is 0 Å². The zero-order chi connectivity index (χ0) is 16.2. The zero-order valence-electron chi connectivity index (χ0n) is 13.0. The molecule has 3 rings (SSSR count). The first kappa shape index (κ1) is 15.4. The summed E-state index contributed by atoms with van der Waals surface area (Å²) in [6, 6.07) is 3.91. The standard InChI is InChI=1S/C15H18N6OS/c1-10(2)8-21-9-11(6-17-21)15(22)16-7-13-18-14(20-19-13)12-4-3-5-23-12/h3-6,9-10H,7-8H2,1-2H3,(H,16,22)(H,18,19,20). The van der Waals surface area contributed by atoms with Gasteiger partial charge in [-0.05, 0) is 17.4 Å². The van der Waals surface area contributed by atoms with Crippen molar-refractivity contribution >= 4 is 17.2 Å². The van der Waals surface area contributed by atoms with Crippen molar-refractivity contribution in [1.29, 1.82) is 0 Å². The summed E-state index contributed by atoms with van der Waals surface area (Å²) in [5.74, 6) is 1.58. The maximum atomic E-state index is 12.1. The lowest BCUT2D eigenvalue weighted by Gasteiger charge is -2.03. The Morgan fingerprint density at radius 2 is 2.35 bits per heavy atom. The number of amides is 1. The van der Waals surface area contributed by atoms with Crippen molar-refractivity contribution < 1.29 is 4.79 Å². The summed E-state index contributed by atoms with van der Waals surface area (Å²) in [5.41, 5.74) is 0.545. The predicted molar refractivity (Wildman–Crippen MR) is 87.9 cm³/mol. The maximum Gasteiger partial charge on any atom is 0.254 e. The Labute approximate surface area is 137 Å². The summed E-state index contributed by atoms with van der Waals surface area (Å²) >= 11 is 1.57. The summed E-state index contributed by atoms with van der Waals surface area (Å²) in [5, 5.41) is 16.0. The van der Waals surface area contributed by atoms with Crippen LogP contribution in [0.5, 0.6) is 0 Å². The largest absolute Gasteiger partial charge is 0.345 e. The minimum absolute atomic E-state index is 0.172. The topological polar surface area (TPSA) is 88.5 Å². The highest BCUT2D eigenvalue weighted by Crippen LogP contribution is 2.20. The molecule has 0 saturated carbocycles. The van der Waals surface area contributed by atoms with Crippen LogP contribution >= 0.6 is 11.3 Å². The Morgan fingerprint density at radius 1 is 1.48 bits per heavy atom. The van der Waals surface area contributed by atoms with Crippen molar-refractivity contribution in [2.24, 2.45) is 5.92 Å². The Bertz CT molecular complexity index is 774. The second kappa shape index (κ2) is 6.74. The smallest absolute Gasteiger partial charge is 0.254 e. The number of nitrogens with zero attached hydrogens (tertiary/aromatic N) is 4. The van der Waals surface area contributed by atoms with Gasteiger partial charge in [-0.25, -0.2) is 4.98 Å². The van der Waals surface area contributed by atoms with Crippen molar-refractivity contribution in [3.8, 4) is 10.7 Å². The van der Waals surface area contributed by atoms with Gasteiger partial charge in [0.2, 0.25) is 0 Å². The number of carbonyl (C=O) groups is 1. The Hall–Kier alpha value is -2.48. The molecule has 3 aromatic heterocycles. The van der Waals surface area contributed by atoms with E-state index in [1.165, 1.54) is 0 Å². The molecule has 0 aliphatic heterocycles. The molecule has 3 heterocycles. The fourth-order valence-corrected chi connectivity index (χ4v) is 2.77. The molecule has 0 bridgehead atoms. The molecule has 0 spiro atoms. The lowest BCUT2D eigenvalue weighted by molar-refractivity contribution is 0.0950. The van der Waals surface area contributed by atoms with Crippen LogP contribution in [0, 0.1) is 5.92 Å². The monoisotopic (exact) mass is 330 g/mol. The van der Waals surface area contributed by atoms with Crippen LogP contribution in [-0.4, -0.2) is 30.9 Å². The van der Waals surface area contributed by atoms with Gasteiger partial charge in [0.25, 0.3) is 5.91 Å². The molecule has 2 N–H and O–H groups in total. The molecule has 23 heavy (non-hydrogen) atoms. The lowest BCUT2D eigenvalue weighted by Crippen LogP contribution is -2.23. The first-order chi connectivity index (χ1) is 11.1. The number of rotatable bonds is 6. The van der Waals surface area contributed by atoms with Crippen LogP contribution in [0.1, 0.15) is 30.0 Å².